The second-order valence-corrected chi connectivity index (χ2v) is 3.91. The Labute approximate surface area is 88.0 Å². The van der Waals surface area contributed by atoms with Crippen molar-refractivity contribution < 1.29 is 5.11 Å². The van der Waals surface area contributed by atoms with Crippen LogP contribution in [0.2, 0.25) is 0 Å². The van der Waals surface area contributed by atoms with Crippen LogP contribution in [0.5, 0.6) is 0 Å². The van der Waals surface area contributed by atoms with Crippen molar-refractivity contribution in [2.24, 2.45) is 0 Å². The Hall–Kier alpha value is -1.61. The van der Waals surface area contributed by atoms with E-state index in [-0.39, 0.29) is 6.10 Å². The number of pyridine rings is 1. The van der Waals surface area contributed by atoms with Crippen LogP contribution in [0.3, 0.4) is 0 Å². The fourth-order valence-corrected chi connectivity index (χ4v) is 1.98. The second kappa shape index (κ2) is 3.21. The molecule has 0 saturated carbocycles. The molecule has 3 rings (SSSR count). The lowest BCUT2D eigenvalue weighted by Crippen LogP contribution is -2.51. The van der Waals surface area contributed by atoms with Gasteiger partial charge in [-0.15, -0.1) is 0 Å². The Bertz CT molecular complexity index is 486. The zero-order valence-corrected chi connectivity index (χ0v) is 8.30. The molecule has 15 heavy (non-hydrogen) atoms. The molecule has 76 valence electrons. The van der Waals surface area contributed by atoms with Gasteiger partial charge in [-0.2, -0.15) is 0 Å². The first-order valence-corrected chi connectivity index (χ1v) is 5.11. The zero-order valence-electron chi connectivity index (χ0n) is 8.30. The third-order valence-electron chi connectivity index (χ3n) is 2.81. The van der Waals surface area contributed by atoms with Gasteiger partial charge in [-0.05, 0) is 11.5 Å². The molecular formula is C12H12N2O. The summed E-state index contributed by atoms with van der Waals surface area (Å²) in [6.45, 7) is 1.39. The number of β-amino-alcohol motifs (C(OH)–C–C–N with tert-alkyl or cyclic N) is 1. The Kier molecular flexibility index (Phi) is 1.86. The summed E-state index contributed by atoms with van der Waals surface area (Å²) in [5.74, 6) is 0.985. The van der Waals surface area contributed by atoms with Crippen molar-refractivity contribution in [3.05, 3.63) is 36.5 Å². The number of nitrogens with zero attached hydrogens (tertiary/aromatic N) is 2. The molecule has 0 radical (unpaired) electrons. The summed E-state index contributed by atoms with van der Waals surface area (Å²) >= 11 is 0. The molecule has 1 saturated heterocycles. The summed E-state index contributed by atoms with van der Waals surface area (Å²) in [7, 11) is 0. The lowest BCUT2D eigenvalue weighted by atomic mass is 10.1. The maximum atomic E-state index is 9.28. The van der Waals surface area contributed by atoms with E-state index in [1.807, 2.05) is 24.4 Å². The first kappa shape index (κ1) is 8.68. The summed E-state index contributed by atoms with van der Waals surface area (Å²) in [5.41, 5.74) is 0. The normalized spacial score (nSPS) is 16.7. The van der Waals surface area contributed by atoms with Gasteiger partial charge >= 0.3 is 0 Å². The second-order valence-electron chi connectivity index (χ2n) is 3.91. The fraction of sp³-hybridized carbons (Fsp3) is 0.250. The quantitative estimate of drug-likeness (QED) is 0.756. The Morgan fingerprint density at radius 1 is 1.20 bits per heavy atom. The van der Waals surface area contributed by atoms with E-state index in [4.69, 9.17) is 0 Å². The number of anilines is 1. The van der Waals surface area contributed by atoms with E-state index in [9.17, 15) is 5.11 Å². The Morgan fingerprint density at radius 2 is 2.00 bits per heavy atom. The average Bonchev–Trinajstić information content (AvgIpc) is 2.24. The molecule has 0 amide bonds. The van der Waals surface area contributed by atoms with E-state index in [0.29, 0.717) is 13.1 Å². The van der Waals surface area contributed by atoms with Crippen molar-refractivity contribution in [2.75, 3.05) is 18.0 Å². The van der Waals surface area contributed by atoms with E-state index in [0.717, 1.165) is 11.2 Å². The van der Waals surface area contributed by atoms with Crippen LogP contribution in [0.15, 0.2) is 36.5 Å². The van der Waals surface area contributed by atoms with Gasteiger partial charge in [-0.3, -0.25) is 0 Å². The van der Waals surface area contributed by atoms with Crippen molar-refractivity contribution in [1.29, 1.82) is 0 Å². The molecule has 1 aromatic heterocycles. The first-order chi connectivity index (χ1) is 7.34. The van der Waals surface area contributed by atoms with Gasteiger partial charge in [0.2, 0.25) is 0 Å². The molecule has 3 heteroatoms. The molecule has 0 unspecified atom stereocenters. The number of rotatable bonds is 1. The van der Waals surface area contributed by atoms with Crippen molar-refractivity contribution >= 4 is 16.6 Å². The number of aromatic nitrogens is 1. The van der Waals surface area contributed by atoms with Gasteiger partial charge in [0.15, 0.2) is 0 Å². The van der Waals surface area contributed by atoms with Gasteiger partial charge in [0, 0.05) is 24.7 Å². The molecule has 0 bridgehead atoms. The molecule has 1 aliphatic rings. The summed E-state index contributed by atoms with van der Waals surface area (Å²) in [5, 5.41) is 11.6. The van der Waals surface area contributed by atoms with Crippen LogP contribution in [0.4, 0.5) is 5.82 Å². The molecule has 3 nitrogen and oxygen atoms in total. The van der Waals surface area contributed by atoms with Gasteiger partial charge in [-0.25, -0.2) is 4.98 Å². The van der Waals surface area contributed by atoms with Gasteiger partial charge in [0.25, 0.3) is 0 Å². The molecule has 1 N–H and O–H groups in total. The van der Waals surface area contributed by atoms with Crippen LogP contribution < -0.4 is 4.90 Å². The van der Waals surface area contributed by atoms with Crippen molar-refractivity contribution in [3.63, 3.8) is 0 Å². The maximum absolute atomic E-state index is 9.28. The average molecular weight is 200 g/mol. The van der Waals surface area contributed by atoms with Gasteiger partial charge in [0.1, 0.15) is 5.82 Å². The van der Waals surface area contributed by atoms with Crippen LogP contribution >= 0.6 is 0 Å². The lowest BCUT2D eigenvalue weighted by Gasteiger charge is -2.37. The van der Waals surface area contributed by atoms with Crippen LogP contribution in [-0.2, 0) is 0 Å². The van der Waals surface area contributed by atoms with Gasteiger partial charge < -0.3 is 10.0 Å². The zero-order chi connectivity index (χ0) is 10.3. The van der Waals surface area contributed by atoms with Gasteiger partial charge in [-0.1, -0.05) is 24.3 Å². The van der Waals surface area contributed by atoms with E-state index in [1.54, 1.807) is 0 Å². The summed E-state index contributed by atoms with van der Waals surface area (Å²) in [4.78, 5) is 6.48. The highest BCUT2D eigenvalue weighted by Gasteiger charge is 2.26. The number of aliphatic hydroxyl groups excluding tert-OH is 1. The third kappa shape index (κ3) is 1.36. The molecule has 1 aromatic carbocycles. The molecule has 0 atom stereocenters. The van der Waals surface area contributed by atoms with Crippen LogP contribution in [-0.4, -0.2) is 29.3 Å². The van der Waals surface area contributed by atoms with Crippen molar-refractivity contribution in [2.45, 2.75) is 6.10 Å². The fourth-order valence-electron chi connectivity index (χ4n) is 1.98. The molecule has 1 aliphatic heterocycles. The van der Waals surface area contributed by atoms with Crippen LogP contribution in [0.25, 0.3) is 10.8 Å². The highest BCUT2D eigenvalue weighted by molar-refractivity contribution is 5.92. The van der Waals surface area contributed by atoms with Gasteiger partial charge in [0.05, 0.1) is 6.10 Å². The molecule has 1 fully saturated rings. The molecule has 0 aliphatic carbocycles. The lowest BCUT2D eigenvalue weighted by molar-refractivity contribution is 0.141. The summed E-state index contributed by atoms with van der Waals surface area (Å²) < 4.78 is 0. The minimum absolute atomic E-state index is 0.189. The minimum Gasteiger partial charge on any atom is -0.389 e. The van der Waals surface area contributed by atoms with Crippen LogP contribution in [0, 0.1) is 0 Å². The molecule has 0 spiro atoms. The Morgan fingerprint density at radius 3 is 2.80 bits per heavy atom. The van der Waals surface area contributed by atoms with Crippen molar-refractivity contribution in [3.8, 4) is 0 Å². The van der Waals surface area contributed by atoms with Crippen molar-refractivity contribution in [1.82, 2.24) is 4.98 Å². The predicted molar refractivity (Wildman–Crippen MR) is 60.0 cm³/mol. The highest BCUT2D eigenvalue weighted by Crippen LogP contribution is 2.27. The topological polar surface area (TPSA) is 36.4 Å². The van der Waals surface area contributed by atoms with E-state index in [2.05, 4.69) is 22.0 Å². The highest BCUT2D eigenvalue weighted by atomic mass is 16.3. The van der Waals surface area contributed by atoms with E-state index >= 15 is 0 Å². The molecular weight excluding hydrogens is 188 g/mol. The largest absolute Gasteiger partial charge is 0.389 e. The maximum Gasteiger partial charge on any atom is 0.136 e. The number of hydrogen-bond acceptors (Lipinski definition) is 3. The summed E-state index contributed by atoms with van der Waals surface area (Å²) in [6.07, 6.45) is 1.63. The first-order valence-electron chi connectivity index (χ1n) is 5.11. The smallest absolute Gasteiger partial charge is 0.136 e. The predicted octanol–water partition coefficient (Wildman–Crippen LogP) is 1.42. The number of hydrogen-bond donors (Lipinski definition) is 1. The number of aliphatic hydroxyl groups is 1. The standard InChI is InChI=1S/C12H12N2O/c15-10-7-14(8-10)12-11-4-2-1-3-9(11)5-6-13-12/h1-6,10,15H,7-8H2. The Balaban J connectivity index is 2.10. The number of benzene rings is 1. The molecule has 2 aromatic rings. The minimum atomic E-state index is -0.189. The van der Waals surface area contributed by atoms with E-state index < -0.39 is 0 Å². The molecule has 2 heterocycles. The summed E-state index contributed by atoms with van der Waals surface area (Å²) in [6, 6.07) is 10.2. The third-order valence-corrected chi connectivity index (χ3v) is 2.81. The number of fused-ring (bicyclic) bond motifs is 1. The van der Waals surface area contributed by atoms with Crippen LogP contribution in [0.1, 0.15) is 0 Å². The monoisotopic (exact) mass is 200 g/mol. The SMILES string of the molecule is OC1CN(c2nccc3ccccc23)C1. The van der Waals surface area contributed by atoms with E-state index in [1.165, 1.54) is 5.39 Å².